The summed E-state index contributed by atoms with van der Waals surface area (Å²) in [7, 11) is 0. The molecule has 0 unspecified atom stereocenters. The summed E-state index contributed by atoms with van der Waals surface area (Å²) >= 11 is 6.04. The number of phenols is 1. The lowest BCUT2D eigenvalue weighted by Crippen LogP contribution is -2.03. The Labute approximate surface area is 153 Å². The van der Waals surface area contributed by atoms with Crippen LogP contribution in [0.25, 0.3) is 16.7 Å². The van der Waals surface area contributed by atoms with Crippen molar-refractivity contribution in [2.24, 2.45) is 0 Å². The van der Waals surface area contributed by atoms with Crippen LogP contribution >= 0.6 is 11.6 Å². The van der Waals surface area contributed by atoms with Gasteiger partial charge in [-0.3, -0.25) is 0 Å². The second-order valence-electron chi connectivity index (χ2n) is 6.45. The largest absolute Gasteiger partial charge is 0.505 e. The van der Waals surface area contributed by atoms with Crippen LogP contribution < -0.4 is 0 Å². The molecule has 0 atom stereocenters. The summed E-state index contributed by atoms with van der Waals surface area (Å²) in [6, 6.07) is 9.56. The number of aromatic hydroxyl groups is 1. The molecule has 0 amide bonds. The van der Waals surface area contributed by atoms with Gasteiger partial charge in [-0.05, 0) is 61.1 Å². The van der Waals surface area contributed by atoms with E-state index in [0.29, 0.717) is 10.7 Å². The number of halogens is 1. The molecule has 0 fully saturated rings. The van der Waals surface area contributed by atoms with E-state index in [4.69, 9.17) is 11.6 Å². The van der Waals surface area contributed by atoms with Gasteiger partial charge in [0.1, 0.15) is 22.5 Å². The molecule has 1 heterocycles. The third-order valence-corrected chi connectivity index (χ3v) is 4.64. The van der Waals surface area contributed by atoms with Crippen LogP contribution in [0.5, 0.6) is 5.75 Å². The van der Waals surface area contributed by atoms with Crippen LogP contribution in [-0.2, 0) is 12.8 Å². The van der Waals surface area contributed by atoms with Crippen LogP contribution in [0.4, 0.5) is 0 Å². The minimum absolute atomic E-state index is 0.278. The molecule has 0 radical (unpaired) electrons. The lowest BCUT2D eigenvalue weighted by Gasteiger charge is -2.12. The summed E-state index contributed by atoms with van der Waals surface area (Å²) in [6.45, 7) is 4.34. The molecule has 0 bridgehead atoms. The minimum Gasteiger partial charge on any atom is -0.505 e. The predicted octanol–water partition coefficient (Wildman–Crippen LogP) is 5.46. The Morgan fingerprint density at radius 3 is 2.44 bits per heavy atom. The molecule has 0 spiro atoms. The molecule has 0 aliphatic rings. The summed E-state index contributed by atoms with van der Waals surface area (Å²) in [5, 5.41) is 20.4. The first-order chi connectivity index (χ1) is 12.1. The van der Waals surface area contributed by atoms with Crippen molar-refractivity contribution in [2.45, 2.75) is 52.4 Å². The topological polar surface area (TPSA) is 50.9 Å². The number of phenolic OH excluding ortho intramolecular Hbond substituents is 1. The fourth-order valence-electron chi connectivity index (χ4n) is 2.97. The molecule has 0 aliphatic heterocycles. The lowest BCUT2D eigenvalue weighted by atomic mass is 10.00. The second-order valence-corrected chi connectivity index (χ2v) is 6.89. The van der Waals surface area contributed by atoms with Gasteiger partial charge in [0.05, 0.1) is 0 Å². The lowest BCUT2D eigenvalue weighted by molar-refractivity contribution is 0.459. The molecule has 1 aromatic heterocycles. The highest BCUT2D eigenvalue weighted by Gasteiger charge is 2.14. The summed E-state index contributed by atoms with van der Waals surface area (Å²) < 4.78 is 0. The number of rotatable bonds is 7. The second kappa shape index (κ2) is 7.87. The van der Waals surface area contributed by atoms with Crippen molar-refractivity contribution in [3.63, 3.8) is 0 Å². The fraction of sp³-hybridized carbons (Fsp3) is 0.400. The molecule has 5 heteroatoms. The molecule has 3 aromatic rings. The van der Waals surface area contributed by atoms with Crippen molar-refractivity contribution in [2.75, 3.05) is 0 Å². The van der Waals surface area contributed by atoms with Gasteiger partial charge in [-0.15, -0.1) is 15.0 Å². The molecule has 4 nitrogen and oxygen atoms in total. The Morgan fingerprint density at radius 2 is 1.68 bits per heavy atom. The van der Waals surface area contributed by atoms with Crippen molar-refractivity contribution in [1.82, 2.24) is 15.0 Å². The molecule has 0 aliphatic carbocycles. The van der Waals surface area contributed by atoms with E-state index in [-0.39, 0.29) is 5.75 Å². The Kier molecular flexibility index (Phi) is 5.59. The van der Waals surface area contributed by atoms with Crippen LogP contribution in [0, 0.1) is 0 Å². The van der Waals surface area contributed by atoms with Gasteiger partial charge in [0.25, 0.3) is 0 Å². The van der Waals surface area contributed by atoms with E-state index in [1.165, 1.54) is 10.4 Å². The number of hydrogen-bond acceptors (Lipinski definition) is 3. The van der Waals surface area contributed by atoms with Gasteiger partial charge in [0.15, 0.2) is 0 Å². The maximum absolute atomic E-state index is 10.8. The number of benzene rings is 2. The Morgan fingerprint density at radius 1 is 0.960 bits per heavy atom. The first-order valence-corrected chi connectivity index (χ1v) is 9.38. The summed E-state index contributed by atoms with van der Waals surface area (Å²) in [5.74, 6) is 0.278. The average molecular weight is 358 g/mol. The van der Waals surface area contributed by atoms with Gasteiger partial charge < -0.3 is 5.11 Å². The number of aromatic nitrogens is 3. The van der Waals surface area contributed by atoms with Gasteiger partial charge >= 0.3 is 0 Å². The van der Waals surface area contributed by atoms with Gasteiger partial charge in [-0.1, -0.05) is 44.4 Å². The standard InChI is InChI=1S/C20H24ClN3O/c1-3-5-7-14-11-15(8-6-4-2)20(25)19(12-14)24-22-17-10-9-16(21)13-18(17)23-24/h9-13,25H,3-8H2,1-2H3. The van der Waals surface area contributed by atoms with Gasteiger partial charge in [0, 0.05) is 5.02 Å². The highest BCUT2D eigenvalue weighted by atomic mass is 35.5. The van der Waals surface area contributed by atoms with Crippen molar-refractivity contribution < 1.29 is 5.11 Å². The first-order valence-electron chi connectivity index (χ1n) is 9.00. The van der Waals surface area contributed by atoms with E-state index < -0.39 is 0 Å². The zero-order valence-corrected chi connectivity index (χ0v) is 15.6. The zero-order chi connectivity index (χ0) is 17.8. The number of hydrogen-bond donors (Lipinski definition) is 1. The van der Waals surface area contributed by atoms with Crippen LogP contribution in [0.15, 0.2) is 30.3 Å². The Balaban J connectivity index is 2.07. The van der Waals surface area contributed by atoms with E-state index in [2.05, 4.69) is 30.1 Å². The Bertz CT molecular complexity index is 873. The molecule has 25 heavy (non-hydrogen) atoms. The molecule has 1 N–H and O–H groups in total. The highest BCUT2D eigenvalue weighted by molar-refractivity contribution is 6.31. The van der Waals surface area contributed by atoms with Crippen LogP contribution in [0.1, 0.15) is 50.7 Å². The maximum atomic E-state index is 10.8. The molecule has 132 valence electrons. The molecule has 2 aromatic carbocycles. The van der Waals surface area contributed by atoms with Crippen molar-refractivity contribution in [3.05, 3.63) is 46.5 Å². The molecule has 0 saturated carbocycles. The average Bonchev–Trinajstić information content (AvgIpc) is 3.02. The smallest absolute Gasteiger partial charge is 0.146 e. The molecule has 3 rings (SSSR count). The maximum Gasteiger partial charge on any atom is 0.146 e. The summed E-state index contributed by atoms with van der Waals surface area (Å²) in [6.07, 6.45) is 6.27. The van der Waals surface area contributed by atoms with Crippen molar-refractivity contribution in [3.8, 4) is 11.4 Å². The van der Waals surface area contributed by atoms with Crippen LogP contribution in [0.2, 0.25) is 5.02 Å². The third kappa shape index (κ3) is 3.96. The summed E-state index contributed by atoms with van der Waals surface area (Å²) in [5.41, 5.74) is 4.33. The number of fused-ring (bicyclic) bond motifs is 1. The number of aryl methyl sites for hydroxylation is 2. The first kappa shape index (κ1) is 17.7. The van der Waals surface area contributed by atoms with E-state index in [0.717, 1.165) is 55.1 Å². The molecular formula is C20H24ClN3O. The monoisotopic (exact) mass is 357 g/mol. The van der Waals surface area contributed by atoms with E-state index in [9.17, 15) is 5.11 Å². The number of nitrogens with zero attached hydrogens (tertiary/aromatic N) is 3. The predicted molar refractivity (Wildman–Crippen MR) is 103 cm³/mol. The number of unbranched alkanes of at least 4 members (excludes halogenated alkanes) is 2. The van der Waals surface area contributed by atoms with E-state index in [1.54, 1.807) is 12.1 Å². The molecular weight excluding hydrogens is 334 g/mol. The SMILES string of the molecule is CCCCc1cc(CCCC)c(O)c(-n2nc3ccc(Cl)cc3n2)c1. The highest BCUT2D eigenvalue weighted by Crippen LogP contribution is 2.30. The zero-order valence-electron chi connectivity index (χ0n) is 14.8. The molecule has 0 saturated heterocycles. The third-order valence-electron chi connectivity index (χ3n) is 4.41. The Hall–Kier alpha value is -2.07. The fourth-order valence-corrected chi connectivity index (χ4v) is 3.14. The normalized spacial score (nSPS) is 11.3. The van der Waals surface area contributed by atoms with Crippen molar-refractivity contribution in [1.29, 1.82) is 0 Å². The van der Waals surface area contributed by atoms with Gasteiger partial charge in [-0.2, -0.15) is 0 Å². The quantitative estimate of drug-likeness (QED) is 0.610. The van der Waals surface area contributed by atoms with E-state index in [1.807, 2.05) is 12.1 Å². The van der Waals surface area contributed by atoms with Gasteiger partial charge in [-0.25, -0.2) is 0 Å². The van der Waals surface area contributed by atoms with Gasteiger partial charge in [0.2, 0.25) is 0 Å². The van der Waals surface area contributed by atoms with Crippen LogP contribution in [0.3, 0.4) is 0 Å². The minimum atomic E-state index is 0.278. The van der Waals surface area contributed by atoms with E-state index >= 15 is 0 Å². The van der Waals surface area contributed by atoms with Crippen molar-refractivity contribution >= 4 is 22.6 Å². The summed E-state index contributed by atoms with van der Waals surface area (Å²) in [4.78, 5) is 1.53. The van der Waals surface area contributed by atoms with Crippen LogP contribution in [-0.4, -0.2) is 20.1 Å².